The van der Waals surface area contributed by atoms with Crippen LogP contribution in [0.5, 0.6) is 0 Å². The molecule has 13 rings (SSSR count). The van der Waals surface area contributed by atoms with Crippen LogP contribution in [0.4, 0.5) is 17.1 Å². The van der Waals surface area contributed by atoms with E-state index in [1.165, 1.54) is 32.7 Å². The minimum atomic E-state index is 0.538. The summed E-state index contributed by atoms with van der Waals surface area (Å²) in [4.78, 5) is 18.2. The van der Waals surface area contributed by atoms with Crippen molar-refractivity contribution in [2.75, 3.05) is 4.90 Å². The lowest BCUT2D eigenvalue weighted by molar-refractivity contribution is 0.953. The van der Waals surface area contributed by atoms with E-state index in [4.69, 9.17) is 15.0 Å². The van der Waals surface area contributed by atoms with Crippen LogP contribution in [-0.2, 0) is 0 Å². The molecule has 0 aliphatic rings. The van der Waals surface area contributed by atoms with Gasteiger partial charge >= 0.3 is 0 Å². The molecule has 5 nitrogen and oxygen atoms in total. The average Bonchev–Trinajstić information content (AvgIpc) is 3.77. The molecular weight excluding hydrogens is 851 g/mol. The van der Waals surface area contributed by atoms with E-state index in [0.717, 1.165) is 72.2 Å². The number of anilines is 3. The molecule has 0 aliphatic carbocycles. The first-order valence-corrected chi connectivity index (χ1v) is 23.7. The Bertz CT molecular complexity index is 4030. The van der Waals surface area contributed by atoms with Gasteiger partial charge in [0.2, 0.25) is 5.95 Å². The van der Waals surface area contributed by atoms with Crippen LogP contribution < -0.4 is 4.90 Å². The summed E-state index contributed by atoms with van der Waals surface area (Å²) in [6.45, 7) is 0. The van der Waals surface area contributed by atoms with E-state index in [9.17, 15) is 0 Å². The van der Waals surface area contributed by atoms with Gasteiger partial charge in [0.1, 0.15) is 0 Å². The van der Waals surface area contributed by atoms with Crippen LogP contribution in [0.3, 0.4) is 0 Å². The zero-order chi connectivity index (χ0) is 46.4. The molecular formula is C65H43N5. The molecule has 5 heteroatoms. The van der Waals surface area contributed by atoms with Gasteiger partial charge in [0.05, 0.1) is 11.0 Å². The van der Waals surface area contributed by atoms with Gasteiger partial charge in [0, 0.05) is 39.0 Å². The Balaban J connectivity index is 0.997. The fraction of sp³-hybridized carbons (Fsp3) is 0. The number of para-hydroxylation sites is 1. The molecule has 2 aromatic heterocycles. The van der Waals surface area contributed by atoms with Crippen molar-refractivity contribution in [1.82, 2.24) is 19.5 Å². The molecule has 328 valence electrons. The summed E-state index contributed by atoms with van der Waals surface area (Å²) in [5, 5.41) is 7.11. The van der Waals surface area contributed by atoms with E-state index in [1.807, 2.05) is 18.2 Å². The molecule has 2 heterocycles. The lowest BCUT2D eigenvalue weighted by Crippen LogP contribution is -2.10. The summed E-state index contributed by atoms with van der Waals surface area (Å²) in [6, 6.07) is 92.5. The minimum Gasteiger partial charge on any atom is -0.310 e. The fourth-order valence-corrected chi connectivity index (χ4v) is 9.95. The number of aromatic nitrogens is 4. The Morgan fingerprint density at radius 2 is 0.757 bits per heavy atom. The highest BCUT2D eigenvalue weighted by Crippen LogP contribution is 2.42. The maximum absolute atomic E-state index is 5.40. The second-order valence-corrected chi connectivity index (χ2v) is 17.7. The Labute approximate surface area is 405 Å². The molecule has 0 unspecified atom stereocenters. The predicted molar refractivity (Wildman–Crippen MR) is 291 cm³/mol. The number of hydrogen-bond acceptors (Lipinski definition) is 4. The molecule has 70 heavy (non-hydrogen) atoms. The second kappa shape index (κ2) is 17.3. The molecule has 0 aliphatic heterocycles. The molecule has 0 saturated carbocycles. The fourth-order valence-electron chi connectivity index (χ4n) is 9.95. The van der Waals surface area contributed by atoms with Crippen molar-refractivity contribution in [2.45, 2.75) is 0 Å². The van der Waals surface area contributed by atoms with Crippen molar-refractivity contribution >= 4 is 60.4 Å². The third-order valence-corrected chi connectivity index (χ3v) is 13.4. The summed E-state index contributed by atoms with van der Waals surface area (Å²) >= 11 is 0. The predicted octanol–water partition coefficient (Wildman–Crippen LogP) is 17.1. The van der Waals surface area contributed by atoms with E-state index < -0.39 is 0 Å². The number of hydrogen-bond donors (Lipinski definition) is 0. The third kappa shape index (κ3) is 7.43. The number of nitrogens with zero attached hydrogens (tertiary/aromatic N) is 5. The van der Waals surface area contributed by atoms with Crippen LogP contribution in [0, 0.1) is 0 Å². The maximum atomic E-state index is 5.40. The van der Waals surface area contributed by atoms with Gasteiger partial charge in [-0.1, -0.05) is 212 Å². The molecule has 0 atom stereocenters. The first-order valence-electron chi connectivity index (χ1n) is 23.7. The zero-order valence-corrected chi connectivity index (χ0v) is 38.1. The second-order valence-electron chi connectivity index (χ2n) is 17.7. The zero-order valence-electron chi connectivity index (χ0n) is 38.1. The van der Waals surface area contributed by atoms with Gasteiger partial charge in [0.15, 0.2) is 11.6 Å². The summed E-state index contributed by atoms with van der Waals surface area (Å²) in [7, 11) is 0. The van der Waals surface area contributed by atoms with Gasteiger partial charge < -0.3 is 4.90 Å². The summed E-state index contributed by atoms with van der Waals surface area (Å²) in [5.41, 5.74) is 13.8. The van der Waals surface area contributed by atoms with Crippen molar-refractivity contribution in [3.8, 4) is 62.1 Å². The van der Waals surface area contributed by atoms with Crippen LogP contribution >= 0.6 is 0 Å². The van der Waals surface area contributed by atoms with Crippen molar-refractivity contribution in [3.05, 3.63) is 261 Å². The monoisotopic (exact) mass is 893 g/mol. The van der Waals surface area contributed by atoms with Gasteiger partial charge in [-0.05, 0) is 103 Å². The summed E-state index contributed by atoms with van der Waals surface area (Å²) in [6.07, 6.45) is 0. The average molecular weight is 894 g/mol. The Hall–Kier alpha value is -9.45. The molecule has 0 bridgehead atoms. The number of benzene rings is 11. The molecule has 11 aromatic carbocycles. The van der Waals surface area contributed by atoms with Gasteiger partial charge in [-0.15, -0.1) is 0 Å². The smallest absolute Gasteiger partial charge is 0.238 e. The SMILES string of the molecule is c1ccc(-c2ccc3c4ccc(N(c5ccccc5)c5ccc(-c6cccc7ccccc67)cc5)cc4n(-c4nc(-c5ccccc5)nc(-c5ccc(-c6ccc7ccccc7c6)cc5)n4)c3c2)cc1. The summed E-state index contributed by atoms with van der Waals surface area (Å²) in [5.74, 6) is 1.73. The van der Waals surface area contributed by atoms with E-state index in [2.05, 4.69) is 252 Å². The number of fused-ring (bicyclic) bond motifs is 5. The molecule has 0 saturated heterocycles. The van der Waals surface area contributed by atoms with Crippen LogP contribution in [-0.4, -0.2) is 19.5 Å². The van der Waals surface area contributed by atoms with Crippen LogP contribution in [0.25, 0.3) is 105 Å². The van der Waals surface area contributed by atoms with E-state index >= 15 is 0 Å². The van der Waals surface area contributed by atoms with Gasteiger partial charge in [-0.25, -0.2) is 4.98 Å². The lowest BCUT2D eigenvalue weighted by Gasteiger charge is -2.26. The molecule has 0 fully saturated rings. The maximum Gasteiger partial charge on any atom is 0.238 e. The highest BCUT2D eigenvalue weighted by molar-refractivity contribution is 6.11. The van der Waals surface area contributed by atoms with Gasteiger partial charge in [-0.2, -0.15) is 9.97 Å². The quantitative estimate of drug-likeness (QED) is 0.145. The molecule has 0 amide bonds. The third-order valence-electron chi connectivity index (χ3n) is 13.4. The normalized spacial score (nSPS) is 11.4. The van der Waals surface area contributed by atoms with Crippen LogP contribution in [0.2, 0.25) is 0 Å². The van der Waals surface area contributed by atoms with Crippen molar-refractivity contribution in [2.24, 2.45) is 0 Å². The largest absolute Gasteiger partial charge is 0.310 e. The van der Waals surface area contributed by atoms with Crippen LogP contribution in [0.1, 0.15) is 0 Å². The topological polar surface area (TPSA) is 46.8 Å². The highest BCUT2D eigenvalue weighted by atomic mass is 15.2. The summed E-state index contributed by atoms with van der Waals surface area (Å²) < 4.78 is 2.23. The molecule has 0 N–H and O–H groups in total. The standard InChI is InChI=1S/C65H43N5/c1-4-15-44(16-5-1)53-35-39-59-60-40-38-56(69(54-23-8-3-9-24-54)55-36-33-48(34-37-55)58-26-14-22-47-18-12-13-25-57(47)58)43-62(60)70(61(59)42-53)65-67-63(49-19-6-2-7-20-49)66-64(68-65)50-30-27-46(28-31-50)52-32-29-45-17-10-11-21-51(45)41-52/h1-43H. The van der Waals surface area contributed by atoms with Crippen LogP contribution in [0.15, 0.2) is 261 Å². The Morgan fingerprint density at radius 1 is 0.271 bits per heavy atom. The van der Waals surface area contributed by atoms with Crippen molar-refractivity contribution < 1.29 is 0 Å². The molecule has 0 radical (unpaired) electrons. The first-order chi connectivity index (χ1) is 34.7. The molecule has 13 aromatic rings. The number of rotatable bonds is 9. The lowest BCUT2D eigenvalue weighted by atomic mass is 9.98. The van der Waals surface area contributed by atoms with E-state index in [1.54, 1.807) is 0 Å². The van der Waals surface area contributed by atoms with Gasteiger partial charge in [-0.3, -0.25) is 4.57 Å². The minimum absolute atomic E-state index is 0.538. The van der Waals surface area contributed by atoms with Crippen molar-refractivity contribution in [1.29, 1.82) is 0 Å². The highest BCUT2D eigenvalue weighted by Gasteiger charge is 2.22. The Morgan fingerprint density at radius 3 is 1.50 bits per heavy atom. The van der Waals surface area contributed by atoms with Gasteiger partial charge in [0.25, 0.3) is 0 Å². The van der Waals surface area contributed by atoms with Crippen molar-refractivity contribution in [3.63, 3.8) is 0 Å². The molecule has 0 spiro atoms. The Kier molecular flexibility index (Phi) is 10.1. The first kappa shape index (κ1) is 40.8. The van der Waals surface area contributed by atoms with E-state index in [0.29, 0.717) is 17.6 Å². The van der Waals surface area contributed by atoms with E-state index in [-0.39, 0.29) is 0 Å².